The van der Waals surface area contributed by atoms with E-state index in [0.717, 1.165) is 44.0 Å². The third-order valence-corrected chi connectivity index (χ3v) is 5.45. The van der Waals surface area contributed by atoms with E-state index < -0.39 is 12.3 Å². The minimum atomic E-state index is -2.18. The highest BCUT2D eigenvalue weighted by molar-refractivity contribution is 5.76. The molecule has 1 heterocycles. The van der Waals surface area contributed by atoms with Gasteiger partial charge in [-0.3, -0.25) is 0 Å². The first-order chi connectivity index (χ1) is 12.6. The number of alkyl halides is 2. The van der Waals surface area contributed by atoms with E-state index in [1.807, 2.05) is 12.1 Å². The minimum absolute atomic E-state index is 0.0423. The molecule has 3 rings (SSSR count). The van der Waals surface area contributed by atoms with Gasteiger partial charge in [0.1, 0.15) is 11.4 Å². The Morgan fingerprint density at radius 3 is 2.77 bits per heavy atom. The first-order valence-corrected chi connectivity index (χ1v) is 9.40. The van der Waals surface area contributed by atoms with Crippen LogP contribution in [-0.2, 0) is 6.42 Å². The second-order valence-corrected chi connectivity index (χ2v) is 7.14. The van der Waals surface area contributed by atoms with Gasteiger partial charge in [-0.1, -0.05) is 19.3 Å². The zero-order chi connectivity index (χ0) is 18.5. The summed E-state index contributed by atoms with van der Waals surface area (Å²) in [5.74, 6) is 0.411. The van der Waals surface area contributed by atoms with Crippen molar-refractivity contribution in [2.75, 3.05) is 7.11 Å². The number of fused-ring (bicyclic) bond motifs is 1. The Hall–Kier alpha value is -1.98. The van der Waals surface area contributed by atoms with Gasteiger partial charge in [0.2, 0.25) is 12.3 Å². The maximum absolute atomic E-state index is 13.0. The fourth-order valence-corrected chi connectivity index (χ4v) is 3.99. The highest BCUT2D eigenvalue weighted by atomic mass is 19.3. The van der Waals surface area contributed by atoms with Crippen molar-refractivity contribution in [2.24, 2.45) is 11.8 Å². The average Bonchev–Trinajstić information content (AvgIpc) is 3.10. The molecule has 142 valence electrons. The summed E-state index contributed by atoms with van der Waals surface area (Å²) in [6, 6.07) is 5.39. The summed E-state index contributed by atoms with van der Waals surface area (Å²) in [4.78, 5) is 8.70. The Balaban J connectivity index is 1.49. The standard InChI is InChI=1S/C20H26F2N2O2/c1-26-14-10-11-16-18(12-14)24-20(25)17(23-16)9-4-2-3-6-13-7-5-8-15(13)19(21)22/h10-13,15,19H,2-9H2,1H3,(H,24,25)/t13-,15+/m1/s1. The van der Waals surface area contributed by atoms with E-state index in [0.29, 0.717) is 29.8 Å². The number of ether oxygens (including phenoxy) is 1. The van der Waals surface area contributed by atoms with Crippen LogP contribution >= 0.6 is 0 Å². The molecule has 1 aliphatic carbocycles. The summed E-state index contributed by atoms with van der Waals surface area (Å²) in [5.41, 5.74) is 1.92. The van der Waals surface area contributed by atoms with Gasteiger partial charge in [-0.25, -0.2) is 18.7 Å². The van der Waals surface area contributed by atoms with Crippen LogP contribution in [0.15, 0.2) is 18.2 Å². The maximum atomic E-state index is 13.0. The summed E-state index contributed by atoms with van der Waals surface area (Å²) in [5, 5.41) is 10.1. The zero-order valence-corrected chi connectivity index (χ0v) is 15.1. The number of unbranched alkanes of at least 4 members (excludes halogenated alkanes) is 2. The van der Waals surface area contributed by atoms with Gasteiger partial charge >= 0.3 is 0 Å². The smallest absolute Gasteiger partial charge is 0.241 e. The van der Waals surface area contributed by atoms with E-state index in [2.05, 4.69) is 9.97 Å². The minimum Gasteiger partial charge on any atom is -0.497 e. The highest BCUT2D eigenvalue weighted by Crippen LogP contribution is 2.39. The van der Waals surface area contributed by atoms with Gasteiger partial charge in [0, 0.05) is 12.0 Å². The van der Waals surface area contributed by atoms with Crippen LogP contribution < -0.4 is 4.74 Å². The van der Waals surface area contributed by atoms with E-state index in [-0.39, 0.29) is 11.8 Å². The molecule has 2 aromatic rings. The molecule has 6 heteroatoms. The number of nitrogens with zero attached hydrogens (tertiary/aromatic N) is 2. The van der Waals surface area contributed by atoms with E-state index in [1.54, 1.807) is 13.2 Å². The van der Waals surface area contributed by atoms with Crippen LogP contribution in [0.5, 0.6) is 11.6 Å². The molecule has 1 aromatic heterocycles. The van der Waals surface area contributed by atoms with Gasteiger partial charge in [0.25, 0.3) is 0 Å². The Morgan fingerprint density at radius 2 is 2.00 bits per heavy atom. The predicted molar refractivity (Wildman–Crippen MR) is 96.8 cm³/mol. The number of aryl methyl sites for hydroxylation is 1. The second kappa shape index (κ2) is 8.60. The fraction of sp³-hybridized carbons (Fsp3) is 0.600. The normalized spacial score (nSPS) is 20.2. The SMILES string of the molecule is COc1ccc2nc(CCCCC[C@@H]3CCC[C@@H]3C(F)F)c(O)nc2c1. The van der Waals surface area contributed by atoms with Crippen LogP contribution in [0.25, 0.3) is 11.0 Å². The van der Waals surface area contributed by atoms with Gasteiger partial charge in [0.15, 0.2) is 0 Å². The Labute approximate surface area is 152 Å². The molecule has 1 fully saturated rings. The lowest BCUT2D eigenvalue weighted by Crippen LogP contribution is -2.16. The highest BCUT2D eigenvalue weighted by Gasteiger charge is 2.33. The number of rotatable bonds is 8. The van der Waals surface area contributed by atoms with Crippen molar-refractivity contribution in [1.29, 1.82) is 0 Å². The largest absolute Gasteiger partial charge is 0.497 e. The molecule has 0 unspecified atom stereocenters. The number of halogens is 2. The topological polar surface area (TPSA) is 55.2 Å². The number of hydrogen-bond acceptors (Lipinski definition) is 4. The fourth-order valence-electron chi connectivity index (χ4n) is 3.99. The first-order valence-electron chi connectivity index (χ1n) is 9.40. The molecule has 2 atom stereocenters. The number of aromatic hydroxyl groups is 1. The lowest BCUT2D eigenvalue weighted by molar-refractivity contribution is 0.0535. The number of methoxy groups -OCH3 is 1. The molecule has 0 bridgehead atoms. The van der Waals surface area contributed by atoms with Crippen molar-refractivity contribution >= 4 is 11.0 Å². The summed E-state index contributed by atoms with van der Waals surface area (Å²) in [6.45, 7) is 0. The molecular weight excluding hydrogens is 338 g/mol. The van der Waals surface area contributed by atoms with Crippen LogP contribution in [0.3, 0.4) is 0 Å². The van der Waals surface area contributed by atoms with Crippen LogP contribution in [-0.4, -0.2) is 28.6 Å². The van der Waals surface area contributed by atoms with E-state index >= 15 is 0 Å². The Bertz CT molecular complexity index is 739. The summed E-state index contributed by atoms with van der Waals surface area (Å²) in [6.07, 6.45) is 4.67. The second-order valence-electron chi connectivity index (χ2n) is 7.14. The van der Waals surface area contributed by atoms with Crippen LogP contribution in [0.1, 0.15) is 50.6 Å². The number of hydrogen-bond donors (Lipinski definition) is 1. The van der Waals surface area contributed by atoms with Crippen LogP contribution in [0.2, 0.25) is 0 Å². The van der Waals surface area contributed by atoms with Crippen molar-refractivity contribution in [2.45, 2.75) is 57.8 Å². The van der Waals surface area contributed by atoms with Crippen molar-refractivity contribution in [3.8, 4) is 11.6 Å². The third kappa shape index (κ3) is 4.40. The first kappa shape index (κ1) is 18.8. The molecule has 0 radical (unpaired) electrons. The molecule has 1 saturated carbocycles. The predicted octanol–water partition coefficient (Wildman–Crippen LogP) is 5.13. The van der Waals surface area contributed by atoms with Gasteiger partial charge in [0.05, 0.1) is 18.1 Å². The molecule has 0 spiro atoms. The van der Waals surface area contributed by atoms with E-state index in [4.69, 9.17) is 4.74 Å². The average molecular weight is 364 g/mol. The van der Waals surface area contributed by atoms with Crippen LogP contribution in [0.4, 0.5) is 8.78 Å². The van der Waals surface area contributed by atoms with Crippen molar-refractivity contribution in [1.82, 2.24) is 9.97 Å². The van der Waals surface area contributed by atoms with E-state index in [1.165, 1.54) is 0 Å². The van der Waals surface area contributed by atoms with Gasteiger partial charge < -0.3 is 9.84 Å². The number of benzene rings is 1. The van der Waals surface area contributed by atoms with Crippen molar-refractivity contribution in [3.63, 3.8) is 0 Å². The molecule has 1 aliphatic rings. The summed E-state index contributed by atoms with van der Waals surface area (Å²) < 4.78 is 31.1. The molecule has 4 nitrogen and oxygen atoms in total. The van der Waals surface area contributed by atoms with Crippen LogP contribution in [0, 0.1) is 11.8 Å². The molecular formula is C20H26F2N2O2. The molecule has 1 N–H and O–H groups in total. The van der Waals surface area contributed by atoms with Gasteiger partial charge in [-0.2, -0.15) is 0 Å². The summed E-state index contributed by atoms with van der Waals surface area (Å²) >= 11 is 0. The molecule has 1 aromatic carbocycles. The quantitative estimate of drug-likeness (QED) is 0.660. The monoisotopic (exact) mass is 364 g/mol. The Morgan fingerprint density at radius 1 is 1.15 bits per heavy atom. The molecule has 0 saturated heterocycles. The zero-order valence-electron chi connectivity index (χ0n) is 15.1. The molecule has 0 aliphatic heterocycles. The Kier molecular flexibility index (Phi) is 6.22. The maximum Gasteiger partial charge on any atom is 0.241 e. The lowest BCUT2D eigenvalue weighted by atomic mass is 9.91. The van der Waals surface area contributed by atoms with Gasteiger partial charge in [-0.05, 0) is 50.2 Å². The third-order valence-electron chi connectivity index (χ3n) is 5.45. The molecule has 0 amide bonds. The van der Waals surface area contributed by atoms with Crippen molar-refractivity contribution < 1.29 is 18.6 Å². The summed E-state index contributed by atoms with van der Waals surface area (Å²) in [7, 11) is 1.58. The van der Waals surface area contributed by atoms with Crippen molar-refractivity contribution in [3.05, 3.63) is 23.9 Å². The number of aromatic nitrogens is 2. The lowest BCUT2D eigenvalue weighted by Gasteiger charge is -2.18. The van der Waals surface area contributed by atoms with E-state index in [9.17, 15) is 13.9 Å². The van der Waals surface area contributed by atoms with Gasteiger partial charge in [-0.15, -0.1) is 0 Å². The molecule has 26 heavy (non-hydrogen) atoms.